The van der Waals surface area contributed by atoms with Crippen LogP contribution in [0.1, 0.15) is 56.9 Å². The Bertz CT molecular complexity index is 662. The van der Waals surface area contributed by atoms with Crippen molar-refractivity contribution in [3.05, 3.63) is 17.0 Å². The molecular weight excluding hydrogens is 344 g/mol. The lowest BCUT2D eigenvalue weighted by Crippen LogP contribution is -2.51. The van der Waals surface area contributed by atoms with Gasteiger partial charge in [0.1, 0.15) is 17.1 Å². The van der Waals surface area contributed by atoms with Gasteiger partial charge >= 0.3 is 6.09 Å². The molecule has 1 amide bonds. The van der Waals surface area contributed by atoms with Gasteiger partial charge in [-0.2, -0.15) is 0 Å². The van der Waals surface area contributed by atoms with Crippen molar-refractivity contribution in [3.8, 4) is 0 Å². The summed E-state index contributed by atoms with van der Waals surface area (Å²) in [5, 5.41) is 3.11. The normalized spacial score (nSPS) is 25.6. The Kier molecular flexibility index (Phi) is 4.86. The molecule has 2 aliphatic heterocycles. The van der Waals surface area contributed by atoms with Gasteiger partial charge in [0.25, 0.3) is 0 Å². The van der Waals surface area contributed by atoms with Crippen molar-refractivity contribution in [2.45, 2.75) is 70.2 Å². The molecule has 1 N–H and O–H groups in total. The third-order valence-electron chi connectivity index (χ3n) is 4.57. The number of aromatic nitrogens is 2. The van der Waals surface area contributed by atoms with Gasteiger partial charge in [-0.3, -0.25) is 4.79 Å². The smallest absolute Gasteiger partial charge is 0.407 e. The highest BCUT2D eigenvalue weighted by Gasteiger charge is 2.42. The number of anilines is 1. The number of ether oxygens (including phenoxy) is 1. The molecule has 2 fully saturated rings. The molecular formula is C17H23ClN4O3. The van der Waals surface area contributed by atoms with E-state index in [1.54, 1.807) is 6.20 Å². The lowest BCUT2D eigenvalue weighted by Gasteiger charge is -2.40. The first-order chi connectivity index (χ1) is 11.8. The van der Waals surface area contributed by atoms with E-state index in [2.05, 4.69) is 20.2 Å². The fourth-order valence-corrected chi connectivity index (χ4v) is 3.89. The number of aldehydes is 1. The highest BCUT2D eigenvalue weighted by Crippen LogP contribution is 2.38. The Morgan fingerprint density at radius 3 is 2.52 bits per heavy atom. The minimum atomic E-state index is -0.504. The molecule has 0 radical (unpaired) electrons. The Morgan fingerprint density at radius 2 is 2.00 bits per heavy atom. The first-order valence-electron chi connectivity index (χ1n) is 8.52. The summed E-state index contributed by atoms with van der Waals surface area (Å²) in [6, 6.07) is 0.624. The van der Waals surface area contributed by atoms with Gasteiger partial charge in [0, 0.05) is 18.1 Å². The first-order valence-corrected chi connectivity index (χ1v) is 8.90. The number of nitrogens with zero attached hydrogens (tertiary/aromatic N) is 3. The molecule has 2 atom stereocenters. The van der Waals surface area contributed by atoms with Crippen molar-refractivity contribution in [3.63, 3.8) is 0 Å². The molecule has 2 unspecified atom stereocenters. The average Bonchev–Trinajstić information content (AvgIpc) is 2.76. The van der Waals surface area contributed by atoms with Crippen molar-refractivity contribution >= 4 is 29.8 Å². The standard InChI is InChI=1S/C17H23ClN4O3/c1-17(2,3)25-16(24)20-10-6-11-4-5-12(7-10)22(11)14-8-19-13(9-23)15(18)21-14/h8-12H,4-7H2,1-3H3,(H,20,24). The maximum Gasteiger partial charge on any atom is 0.407 e. The maximum absolute atomic E-state index is 12.0. The van der Waals surface area contributed by atoms with Crippen LogP contribution < -0.4 is 10.2 Å². The highest BCUT2D eigenvalue weighted by atomic mass is 35.5. The van der Waals surface area contributed by atoms with Gasteiger partial charge in [0.05, 0.1) is 6.20 Å². The molecule has 0 aliphatic carbocycles. The molecule has 8 heteroatoms. The maximum atomic E-state index is 12.0. The Morgan fingerprint density at radius 1 is 1.36 bits per heavy atom. The van der Waals surface area contributed by atoms with Gasteiger partial charge in [0.2, 0.25) is 0 Å². The van der Waals surface area contributed by atoms with Gasteiger partial charge in [-0.15, -0.1) is 0 Å². The molecule has 2 aliphatic rings. The number of hydrogen-bond donors (Lipinski definition) is 1. The van der Waals surface area contributed by atoms with Crippen LogP contribution in [0.25, 0.3) is 0 Å². The summed E-state index contributed by atoms with van der Waals surface area (Å²) in [4.78, 5) is 33.5. The van der Waals surface area contributed by atoms with E-state index >= 15 is 0 Å². The molecule has 1 aromatic heterocycles. The zero-order valence-corrected chi connectivity index (χ0v) is 15.4. The number of piperidine rings is 1. The van der Waals surface area contributed by atoms with Crippen molar-refractivity contribution in [1.82, 2.24) is 15.3 Å². The molecule has 0 saturated carbocycles. The number of rotatable bonds is 3. The summed E-state index contributed by atoms with van der Waals surface area (Å²) in [7, 11) is 0. The van der Waals surface area contributed by atoms with E-state index in [-0.39, 0.29) is 35.1 Å². The van der Waals surface area contributed by atoms with Gasteiger partial charge < -0.3 is 15.0 Å². The zero-order chi connectivity index (χ0) is 18.2. The molecule has 136 valence electrons. The third-order valence-corrected chi connectivity index (χ3v) is 4.85. The van der Waals surface area contributed by atoms with E-state index in [9.17, 15) is 9.59 Å². The van der Waals surface area contributed by atoms with Gasteiger partial charge in [0.15, 0.2) is 11.4 Å². The van der Waals surface area contributed by atoms with Crippen LogP contribution in [0.15, 0.2) is 6.20 Å². The Balaban J connectivity index is 1.67. The van der Waals surface area contributed by atoms with Crippen LogP contribution in [0, 0.1) is 0 Å². The average molecular weight is 367 g/mol. The summed E-state index contributed by atoms with van der Waals surface area (Å²) >= 11 is 6.02. The van der Waals surface area contributed by atoms with Crippen LogP contribution in [0.2, 0.25) is 5.15 Å². The third kappa shape index (κ3) is 4.03. The van der Waals surface area contributed by atoms with Crippen LogP contribution in [-0.4, -0.2) is 46.1 Å². The van der Waals surface area contributed by atoms with Crippen molar-refractivity contribution in [2.24, 2.45) is 0 Å². The number of halogens is 1. The van der Waals surface area contributed by atoms with E-state index in [0.29, 0.717) is 12.1 Å². The lowest BCUT2D eigenvalue weighted by molar-refractivity contribution is 0.0492. The second-order valence-electron chi connectivity index (χ2n) is 7.63. The minimum Gasteiger partial charge on any atom is -0.444 e. The lowest BCUT2D eigenvalue weighted by atomic mass is 9.97. The Labute approximate surface area is 152 Å². The molecule has 2 saturated heterocycles. The number of carbonyl (C=O) groups excluding carboxylic acids is 2. The van der Waals surface area contributed by atoms with Gasteiger partial charge in [-0.05, 0) is 46.5 Å². The molecule has 0 spiro atoms. The number of alkyl carbamates (subject to hydrolysis) is 1. The number of hydrogen-bond acceptors (Lipinski definition) is 6. The SMILES string of the molecule is CC(C)(C)OC(=O)NC1CC2CCC(C1)N2c1cnc(C=O)c(Cl)n1. The van der Waals surface area contributed by atoms with E-state index in [0.717, 1.165) is 25.7 Å². The quantitative estimate of drug-likeness (QED) is 0.828. The fraction of sp³-hybridized carbons (Fsp3) is 0.647. The monoisotopic (exact) mass is 366 g/mol. The van der Waals surface area contributed by atoms with E-state index < -0.39 is 5.60 Å². The number of carbonyl (C=O) groups is 2. The van der Waals surface area contributed by atoms with Crippen molar-refractivity contribution in [1.29, 1.82) is 0 Å². The minimum absolute atomic E-state index is 0.0845. The predicted octanol–water partition coefficient (Wildman–Crippen LogP) is 2.97. The van der Waals surface area contributed by atoms with Crippen molar-refractivity contribution in [2.75, 3.05) is 4.90 Å². The predicted molar refractivity (Wildman–Crippen MR) is 94.1 cm³/mol. The molecule has 2 bridgehead atoms. The second kappa shape index (κ2) is 6.78. The molecule has 3 heterocycles. The molecule has 25 heavy (non-hydrogen) atoms. The van der Waals surface area contributed by atoms with Crippen molar-refractivity contribution < 1.29 is 14.3 Å². The summed E-state index contributed by atoms with van der Waals surface area (Å²) < 4.78 is 5.35. The van der Waals surface area contributed by atoms with E-state index in [4.69, 9.17) is 16.3 Å². The van der Waals surface area contributed by atoms with Gasteiger partial charge in [-0.1, -0.05) is 11.6 Å². The summed E-state index contributed by atoms with van der Waals surface area (Å²) in [6.45, 7) is 5.55. The van der Waals surface area contributed by atoms with Crippen LogP contribution in [0.5, 0.6) is 0 Å². The highest BCUT2D eigenvalue weighted by molar-refractivity contribution is 6.31. The van der Waals surface area contributed by atoms with Gasteiger partial charge in [-0.25, -0.2) is 14.8 Å². The van der Waals surface area contributed by atoms with Crippen LogP contribution in [-0.2, 0) is 4.74 Å². The number of fused-ring (bicyclic) bond motifs is 2. The van der Waals surface area contributed by atoms with E-state index in [1.165, 1.54) is 0 Å². The van der Waals surface area contributed by atoms with Crippen LogP contribution in [0.4, 0.5) is 10.6 Å². The topological polar surface area (TPSA) is 84.4 Å². The summed E-state index contributed by atoms with van der Waals surface area (Å²) in [5.74, 6) is 0.693. The fourth-order valence-electron chi connectivity index (χ4n) is 3.71. The van der Waals surface area contributed by atoms with Crippen LogP contribution in [0.3, 0.4) is 0 Å². The Hall–Kier alpha value is -1.89. The summed E-state index contributed by atoms with van der Waals surface area (Å²) in [6.07, 6.45) is 5.54. The summed E-state index contributed by atoms with van der Waals surface area (Å²) in [5.41, 5.74) is -0.351. The molecule has 0 aromatic carbocycles. The first kappa shape index (κ1) is 17.9. The zero-order valence-electron chi connectivity index (χ0n) is 14.7. The largest absolute Gasteiger partial charge is 0.444 e. The molecule has 3 rings (SSSR count). The molecule has 7 nitrogen and oxygen atoms in total. The molecule has 1 aromatic rings. The second-order valence-corrected chi connectivity index (χ2v) is 7.99. The van der Waals surface area contributed by atoms with Crippen LogP contribution >= 0.6 is 11.6 Å². The number of nitrogens with one attached hydrogen (secondary N) is 1. The number of amides is 1. The van der Waals surface area contributed by atoms with E-state index in [1.807, 2.05) is 20.8 Å².